The van der Waals surface area contributed by atoms with Crippen molar-refractivity contribution in [3.8, 4) is 16.9 Å². The Bertz CT molecular complexity index is 801. The van der Waals surface area contributed by atoms with Crippen LogP contribution < -0.4 is 0 Å². The lowest BCUT2D eigenvalue weighted by Crippen LogP contribution is -1.85. The Hall–Kier alpha value is -2.11. The van der Waals surface area contributed by atoms with E-state index in [0.29, 0.717) is 22.4 Å². The van der Waals surface area contributed by atoms with Gasteiger partial charge < -0.3 is 15.2 Å². The maximum Gasteiger partial charge on any atom is 0.137 e. The Morgan fingerprint density at radius 1 is 1.25 bits per heavy atom. The van der Waals surface area contributed by atoms with E-state index in [1.807, 2.05) is 0 Å². The Morgan fingerprint density at radius 2 is 2.05 bits per heavy atom. The van der Waals surface area contributed by atoms with E-state index in [1.54, 1.807) is 18.2 Å². The van der Waals surface area contributed by atoms with E-state index in [2.05, 4.69) is 9.97 Å². The molecule has 1 heterocycles. The number of phenolic OH excluding ortho intramolecular Hbond substituents is 1. The van der Waals surface area contributed by atoms with Crippen LogP contribution in [0.5, 0.6) is 5.75 Å². The van der Waals surface area contributed by atoms with Gasteiger partial charge in [0.05, 0.1) is 16.1 Å². The van der Waals surface area contributed by atoms with Crippen molar-refractivity contribution >= 4 is 22.6 Å². The molecule has 6 heteroatoms. The minimum Gasteiger partial charge on any atom is -0.506 e. The fourth-order valence-corrected chi connectivity index (χ4v) is 2.23. The molecular formula is C14H10ClFN2O2. The molecular weight excluding hydrogens is 283 g/mol. The van der Waals surface area contributed by atoms with Gasteiger partial charge in [-0.15, -0.1) is 0 Å². The van der Waals surface area contributed by atoms with Gasteiger partial charge in [-0.3, -0.25) is 0 Å². The van der Waals surface area contributed by atoms with Gasteiger partial charge >= 0.3 is 0 Å². The molecule has 3 aromatic rings. The highest BCUT2D eigenvalue weighted by atomic mass is 35.5. The lowest BCUT2D eigenvalue weighted by atomic mass is 10.0. The summed E-state index contributed by atoms with van der Waals surface area (Å²) in [4.78, 5) is 7.09. The molecule has 0 spiro atoms. The number of aliphatic hydroxyl groups excluding tert-OH is 1. The third-order valence-electron chi connectivity index (χ3n) is 3.03. The molecule has 20 heavy (non-hydrogen) atoms. The smallest absolute Gasteiger partial charge is 0.137 e. The number of imidazole rings is 1. The number of benzene rings is 2. The number of aromatic hydroxyl groups is 1. The first-order valence-electron chi connectivity index (χ1n) is 5.86. The average molecular weight is 293 g/mol. The SMILES string of the molecule is OCc1nc2ccc(-c3cc(Cl)c(O)cc3F)cc2[nH]1. The highest BCUT2D eigenvalue weighted by molar-refractivity contribution is 6.32. The molecule has 102 valence electrons. The van der Waals surface area contributed by atoms with Crippen molar-refractivity contribution in [1.82, 2.24) is 9.97 Å². The summed E-state index contributed by atoms with van der Waals surface area (Å²) in [6.45, 7) is -0.191. The van der Waals surface area contributed by atoms with Crippen LogP contribution in [0.25, 0.3) is 22.2 Å². The van der Waals surface area contributed by atoms with Crippen LogP contribution in [0, 0.1) is 5.82 Å². The van der Waals surface area contributed by atoms with Crippen LogP contribution in [0.3, 0.4) is 0 Å². The molecule has 0 bridgehead atoms. The highest BCUT2D eigenvalue weighted by Crippen LogP contribution is 2.33. The lowest BCUT2D eigenvalue weighted by Gasteiger charge is -2.06. The average Bonchev–Trinajstić information content (AvgIpc) is 2.84. The van der Waals surface area contributed by atoms with Gasteiger partial charge in [-0.2, -0.15) is 0 Å². The molecule has 0 aliphatic carbocycles. The van der Waals surface area contributed by atoms with E-state index in [0.717, 1.165) is 6.07 Å². The molecule has 0 saturated carbocycles. The third kappa shape index (κ3) is 2.11. The first-order chi connectivity index (χ1) is 9.58. The van der Waals surface area contributed by atoms with Crippen LogP contribution in [-0.2, 0) is 6.61 Å². The molecule has 0 fully saturated rings. The maximum atomic E-state index is 13.9. The lowest BCUT2D eigenvalue weighted by molar-refractivity contribution is 0.273. The normalized spacial score (nSPS) is 11.2. The summed E-state index contributed by atoms with van der Waals surface area (Å²) in [7, 11) is 0. The molecule has 3 rings (SSSR count). The standard InChI is InChI=1S/C14H10ClFN2O2/c15-9-4-8(10(16)5-13(9)20)7-1-2-11-12(3-7)18-14(6-19)17-11/h1-5,19-20H,6H2,(H,17,18). The van der Waals surface area contributed by atoms with Gasteiger partial charge in [0, 0.05) is 11.6 Å². The maximum absolute atomic E-state index is 13.9. The second kappa shape index (κ2) is 4.77. The summed E-state index contributed by atoms with van der Waals surface area (Å²) in [6.07, 6.45) is 0. The van der Waals surface area contributed by atoms with Crippen molar-refractivity contribution in [3.63, 3.8) is 0 Å². The van der Waals surface area contributed by atoms with Crippen LogP contribution >= 0.6 is 11.6 Å². The van der Waals surface area contributed by atoms with Crippen LogP contribution in [0.4, 0.5) is 4.39 Å². The molecule has 3 N–H and O–H groups in total. The zero-order valence-electron chi connectivity index (χ0n) is 10.2. The first-order valence-corrected chi connectivity index (χ1v) is 6.24. The van der Waals surface area contributed by atoms with Crippen molar-refractivity contribution < 1.29 is 14.6 Å². The molecule has 0 radical (unpaired) electrons. The van der Waals surface area contributed by atoms with E-state index >= 15 is 0 Å². The van der Waals surface area contributed by atoms with Crippen molar-refractivity contribution in [3.05, 3.63) is 47.0 Å². The number of nitrogens with zero attached hydrogens (tertiary/aromatic N) is 1. The number of halogens is 2. The number of phenols is 1. The number of hydrogen-bond donors (Lipinski definition) is 3. The quantitative estimate of drug-likeness (QED) is 0.679. The van der Waals surface area contributed by atoms with Crippen molar-refractivity contribution in [2.45, 2.75) is 6.61 Å². The third-order valence-corrected chi connectivity index (χ3v) is 3.33. The minimum atomic E-state index is -0.562. The highest BCUT2D eigenvalue weighted by Gasteiger charge is 2.11. The second-order valence-corrected chi connectivity index (χ2v) is 4.76. The Labute approximate surface area is 118 Å². The van der Waals surface area contributed by atoms with Crippen LogP contribution in [0.2, 0.25) is 5.02 Å². The molecule has 1 aromatic heterocycles. The monoisotopic (exact) mass is 292 g/mol. The zero-order chi connectivity index (χ0) is 14.3. The number of fused-ring (bicyclic) bond motifs is 1. The van der Waals surface area contributed by atoms with Crippen LogP contribution in [-0.4, -0.2) is 20.2 Å². The minimum absolute atomic E-state index is 0.0853. The molecule has 4 nitrogen and oxygen atoms in total. The summed E-state index contributed by atoms with van der Waals surface area (Å²) in [6, 6.07) is 7.49. The Balaban J connectivity index is 2.16. The topological polar surface area (TPSA) is 69.1 Å². The summed E-state index contributed by atoms with van der Waals surface area (Å²) in [5, 5.41) is 18.5. The number of rotatable bonds is 2. The molecule has 0 atom stereocenters. The van der Waals surface area contributed by atoms with Gasteiger partial charge in [0.15, 0.2) is 0 Å². The molecule has 0 amide bonds. The predicted molar refractivity (Wildman–Crippen MR) is 74.1 cm³/mol. The summed E-state index contributed by atoms with van der Waals surface area (Å²) in [5.41, 5.74) is 2.26. The number of nitrogens with one attached hydrogen (secondary N) is 1. The van der Waals surface area contributed by atoms with Gasteiger partial charge in [0.25, 0.3) is 0 Å². The largest absolute Gasteiger partial charge is 0.506 e. The van der Waals surface area contributed by atoms with Gasteiger partial charge in [-0.25, -0.2) is 9.37 Å². The van der Waals surface area contributed by atoms with Gasteiger partial charge in [-0.05, 0) is 23.8 Å². The number of aromatic amines is 1. The van der Waals surface area contributed by atoms with Gasteiger partial charge in [0.2, 0.25) is 0 Å². The Kier molecular flexibility index (Phi) is 3.08. The summed E-state index contributed by atoms with van der Waals surface area (Å²) < 4.78 is 13.9. The molecule has 2 aromatic carbocycles. The number of H-pyrrole nitrogens is 1. The second-order valence-electron chi connectivity index (χ2n) is 4.36. The number of hydrogen-bond acceptors (Lipinski definition) is 3. The molecule has 0 aliphatic heterocycles. The number of aliphatic hydroxyl groups is 1. The van der Waals surface area contributed by atoms with E-state index in [1.165, 1.54) is 6.07 Å². The first kappa shape index (κ1) is 12.9. The summed E-state index contributed by atoms with van der Waals surface area (Å²) >= 11 is 5.81. The van der Waals surface area contributed by atoms with Crippen molar-refractivity contribution in [2.24, 2.45) is 0 Å². The van der Waals surface area contributed by atoms with Gasteiger partial charge in [0.1, 0.15) is 24.0 Å². The van der Waals surface area contributed by atoms with E-state index in [-0.39, 0.29) is 22.9 Å². The fourth-order valence-electron chi connectivity index (χ4n) is 2.06. The number of aromatic nitrogens is 2. The zero-order valence-corrected chi connectivity index (χ0v) is 10.9. The summed E-state index contributed by atoms with van der Waals surface area (Å²) in [5.74, 6) is -0.410. The van der Waals surface area contributed by atoms with Crippen LogP contribution in [0.15, 0.2) is 30.3 Å². The van der Waals surface area contributed by atoms with E-state index in [9.17, 15) is 9.50 Å². The predicted octanol–water partition coefficient (Wildman–Crippen LogP) is 3.22. The Morgan fingerprint density at radius 3 is 2.80 bits per heavy atom. The molecule has 0 aliphatic rings. The van der Waals surface area contributed by atoms with E-state index in [4.69, 9.17) is 16.7 Å². The molecule has 0 unspecified atom stereocenters. The van der Waals surface area contributed by atoms with E-state index < -0.39 is 5.82 Å². The van der Waals surface area contributed by atoms with Crippen molar-refractivity contribution in [2.75, 3.05) is 0 Å². The molecule has 0 saturated heterocycles. The van der Waals surface area contributed by atoms with Crippen LogP contribution in [0.1, 0.15) is 5.82 Å². The fraction of sp³-hybridized carbons (Fsp3) is 0.0714. The van der Waals surface area contributed by atoms with Gasteiger partial charge in [-0.1, -0.05) is 17.7 Å². The van der Waals surface area contributed by atoms with Crippen molar-refractivity contribution in [1.29, 1.82) is 0 Å².